The van der Waals surface area contributed by atoms with E-state index in [9.17, 15) is 0 Å². The average Bonchev–Trinajstić information content (AvgIpc) is 0.872. The maximum Gasteiger partial charge on any atom is 0.137 e. The summed E-state index contributed by atoms with van der Waals surface area (Å²) >= 11 is 0. The molecule has 0 N–H and O–H groups in total. The molecule has 0 atom stereocenters. The second kappa shape index (κ2) is 18.0. The van der Waals surface area contributed by atoms with Gasteiger partial charge < -0.3 is 14.5 Å². The summed E-state index contributed by atoms with van der Waals surface area (Å²) < 4.78 is 9.38. The van der Waals surface area contributed by atoms with E-state index in [1.807, 2.05) is 0 Å². The van der Waals surface area contributed by atoms with Crippen molar-refractivity contribution in [3.05, 3.63) is 316 Å². The number of benzene rings is 10. The summed E-state index contributed by atoms with van der Waals surface area (Å²) in [6.07, 6.45) is 10.7. The molecule has 0 amide bonds. The lowest BCUT2D eigenvalue weighted by Crippen LogP contribution is -2.61. The lowest BCUT2D eigenvalue weighted by Gasteiger charge is -2.63. The smallest absolute Gasteiger partial charge is 0.137 e. The fourth-order valence-electron chi connectivity index (χ4n) is 19.5. The molecule has 5 heteroatoms. The zero-order chi connectivity index (χ0) is 56.5. The van der Waals surface area contributed by atoms with Crippen molar-refractivity contribution in [1.29, 1.82) is 0 Å². The Kier molecular flexibility index (Phi) is 10.3. The van der Waals surface area contributed by atoms with Gasteiger partial charge in [-0.25, -0.2) is 4.98 Å². The maximum absolute atomic E-state index is 7.06. The molecule has 8 bridgehead atoms. The van der Waals surface area contributed by atoms with Crippen LogP contribution in [0.2, 0.25) is 0 Å². The summed E-state index contributed by atoms with van der Waals surface area (Å²) in [5.41, 5.74) is 22.4. The lowest BCUT2D eigenvalue weighted by atomic mass is 9.43. The minimum atomic E-state index is -0.678. The van der Waals surface area contributed by atoms with Crippen LogP contribution in [-0.4, -0.2) is 16.2 Å². The Labute approximate surface area is 502 Å². The molecule has 4 saturated carbocycles. The van der Waals surface area contributed by atoms with Crippen molar-refractivity contribution in [3.63, 3.8) is 0 Å². The molecule has 4 fully saturated rings. The highest BCUT2D eigenvalue weighted by Gasteiger charge is 2.66. The third-order valence-corrected chi connectivity index (χ3v) is 22.2. The van der Waals surface area contributed by atoms with Gasteiger partial charge in [-0.2, -0.15) is 0 Å². The molecule has 12 aromatic rings. The van der Waals surface area contributed by atoms with Crippen LogP contribution >= 0.6 is 0 Å². The first-order valence-electron chi connectivity index (χ1n) is 31.4. The molecule has 0 saturated heterocycles. The van der Waals surface area contributed by atoms with Gasteiger partial charge >= 0.3 is 0 Å². The van der Waals surface area contributed by atoms with Gasteiger partial charge in [0, 0.05) is 52.2 Å². The van der Waals surface area contributed by atoms with E-state index >= 15 is 0 Å². The van der Waals surface area contributed by atoms with Crippen LogP contribution < -0.4 is 14.5 Å². The Bertz CT molecular complexity index is 4630. The highest BCUT2D eigenvalue weighted by atomic mass is 16.5. The summed E-state index contributed by atoms with van der Waals surface area (Å²) in [5.74, 6) is 5.24. The van der Waals surface area contributed by atoms with Crippen molar-refractivity contribution in [2.75, 3.05) is 16.5 Å². The predicted octanol–water partition coefficient (Wildman–Crippen LogP) is 19.2. The third kappa shape index (κ3) is 6.58. The van der Waals surface area contributed by atoms with Gasteiger partial charge in [-0.3, -0.25) is 4.57 Å². The van der Waals surface area contributed by atoms with E-state index in [2.05, 4.69) is 276 Å². The van der Waals surface area contributed by atoms with Crippen molar-refractivity contribution in [2.24, 2.45) is 17.8 Å². The molecule has 414 valence electrons. The van der Waals surface area contributed by atoms with E-state index in [4.69, 9.17) is 9.72 Å². The first kappa shape index (κ1) is 48.9. The summed E-state index contributed by atoms with van der Waals surface area (Å²) in [5, 5.41) is 2.35. The molecule has 0 spiro atoms. The number of hydrogen-bond donors (Lipinski definition) is 0. The molecule has 5 nitrogen and oxygen atoms in total. The van der Waals surface area contributed by atoms with E-state index < -0.39 is 11.0 Å². The third-order valence-electron chi connectivity index (χ3n) is 22.2. The average molecular weight is 1110 g/mol. The Morgan fingerprint density at radius 2 is 1.02 bits per heavy atom. The SMILES string of the molecule is Cc1cc(-n2c3ccccc3c3ccc(Oc4cccc(N5CN(C67c8ccccc8C(c8ccccc8)(c8ccccc86)C6c8ccccc8C7c7ccccc76)c6ccccc65)c4)cc32)ncc1-c1ccc(C23CC4CC(CC(C4)C2)C3)cc1. The number of pyridine rings is 1. The van der Waals surface area contributed by atoms with E-state index in [1.54, 1.807) is 5.56 Å². The topological polar surface area (TPSA) is 33.5 Å². The van der Waals surface area contributed by atoms with Gasteiger partial charge in [-0.15, -0.1) is 0 Å². The van der Waals surface area contributed by atoms with Crippen LogP contribution in [-0.2, 0) is 16.4 Å². The lowest BCUT2D eigenvalue weighted by molar-refractivity contribution is -0.00518. The molecule has 2 aromatic heterocycles. The standard InChI is InChI=1S/C81H64N4O/c1-51-40-76(82-49-67(51)55-34-36-56(37-35-55)79-46-52-41-53(47-79)43-54(42-52)48-79)85-72-31-14-9-22-61(72)62-39-38-60(45-75(62)85)86-59-21-17-20-58(44-59)83-50-84(74-33-16-15-32-73(74)83)81-70-29-12-10-27-68(70)80(57-18-3-2-4-19-57,69-28-11-13-30-71(69)81)77-63-23-5-7-25-65(63)78(81)66-26-8-6-24-64(66)77/h2-40,44-45,49,52-54,77-78H,41-43,46-48,50H2,1H3. The van der Waals surface area contributed by atoms with Crippen LogP contribution in [0.3, 0.4) is 0 Å². The zero-order valence-corrected chi connectivity index (χ0v) is 48.3. The largest absolute Gasteiger partial charge is 0.457 e. The number of anilines is 3. The van der Waals surface area contributed by atoms with Crippen LogP contribution in [0.5, 0.6) is 11.5 Å². The zero-order valence-electron chi connectivity index (χ0n) is 48.3. The molecule has 1 aliphatic heterocycles. The summed E-state index contributed by atoms with van der Waals surface area (Å²) in [7, 11) is 0. The molecule has 0 unspecified atom stereocenters. The first-order chi connectivity index (χ1) is 42.5. The Morgan fingerprint density at radius 3 is 1.70 bits per heavy atom. The van der Waals surface area contributed by atoms with Crippen LogP contribution in [0.1, 0.15) is 112 Å². The number of hydrogen-bond acceptors (Lipinski definition) is 4. The molecule has 11 aliphatic rings. The maximum atomic E-state index is 7.06. The predicted molar refractivity (Wildman–Crippen MR) is 348 cm³/mol. The molecule has 86 heavy (non-hydrogen) atoms. The van der Waals surface area contributed by atoms with E-state index in [0.29, 0.717) is 12.1 Å². The quantitative estimate of drug-likeness (QED) is 0.152. The highest BCUT2D eigenvalue weighted by Crippen LogP contribution is 2.72. The molecular weight excluding hydrogens is 1040 g/mol. The molecule has 10 aliphatic carbocycles. The number of nitrogens with zero attached hydrogens (tertiary/aromatic N) is 4. The van der Waals surface area contributed by atoms with Gasteiger partial charge in [-0.05, 0) is 184 Å². The number of aryl methyl sites for hydroxylation is 1. The number of aromatic nitrogens is 2. The monoisotopic (exact) mass is 1110 g/mol. The van der Waals surface area contributed by atoms with Crippen LogP contribution in [0.25, 0.3) is 38.8 Å². The fraction of sp³-hybridized carbons (Fsp3) is 0.198. The van der Waals surface area contributed by atoms with Gasteiger partial charge in [0.25, 0.3) is 0 Å². The number of para-hydroxylation sites is 3. The van der Waals surface area contributed by atoms with E-state index in [1.165, 1.54) is 127 Å². The molecule has 23 rings (SSSR count). The van der Waals surface area contributed by atoms with Crippen LogP contribution in [0.15, 0.2) is 255 Å². The summed E-state index contributed by atoms with van der Waals surface area (Å²) in [6, 6.07) is 94.3. The Balaban J connectivity index is 0.703. The van der Waals surface area contributed by atoms with Gasteiger partial charge in [0.1, 0.15) is 22.9 Å². The van der Waals surface area contributed by atoms with Crippen molar-refractivity contribution < 1.29 is 4.74 Å². The fourth-order valence-corrected chi connectivity index (χ4v) is 19.5. The van der Waals surface area contributed by atoms with Crippen molar-refractivity contribution in [2.45, 2.75) is 73.7 Å². The molecular formula is C81H64N4O. The molecule has 10 aromatic carbocycles. The number of ether oxygens (including phenoxy) is 1. The Morgan fingerprint density at radius 1 is 0.453 bits per heavy atom. The van der Waals surface area contributed by atoms with Gasteiger partial charge in [0.15, 0.2) is 0 Å². The van der Waals surface area contributed by atoms with Gasteiger partial charge in [-0.1, -0.05) is 188 Å². The van der Waals surface area contributed by atoms with Gasteiger partial charge in [0.2, 0.25) is 0 Å². The second-order valence-electron chi connectivity index (χ2n) is 26.4. The van der Waals surface area contributed by atoms with Crippen LogP contribution in [0.4, 0.5) is 17.1 Å². The van der Waals surface area contributed by atoms with Crippen molar-refractivity contribution in [1.82, 2.24) is 9.55 Å². The minimum Gasteiger partial charge on any atom is -0.457 e. The van der Waals surface area contributed by atoms with Crippen molar-refractivity contribution >= 4 is 38.9 Å². The number of fused-ring (bicyclic) bond motifs is 4. The van der Waals surface area contributed by atoms with E-state index in [-0.39, 0.29) is 11.8 Å². The first-order valence-corrected chi connectivity index (χ1v) is 31.4. The van der Waals surface area contributed by atoms with E-state index in [0.717, 1.165) is 51.8 Å². The summed E-state index contributed by atoms with van der Waals surface area (Å²) in [6.45, 7) is 2.85. The number of rotatable bonds is 8. The highest BCUT2D eigenvalue weighted by molar-refractivity contribution is 6.09. The van der Waals surface area contributed by atoms with Gasteiger partial charge in [0.05, 0.1) is 34.5 Å². The Hall–Kier alpha value is -9.45. The minimum absolute atomic E-state index is 0.0410. The van der Waals surface area contributed by atoms with Crippen LogP contribution in [0, 0.1) is 24.7 Å². The molecule has 3 heterocycles. The normalized spacial score (nSPS) is 24.9. The van der Waals surface area contributed by atoms with Crippen molar-refractivity contribution in [3.8, 4) is 28.4 Å². The second-order valence-corrected chi connectivity index (χ2v) is 26.4. The molecule has 0 radical (unpaired) electrons. The summed E-state index contributed by atoms with van der Waals surface area (Å²) in [4.78, 5) is 10.6.